The van der Waals surface area contributed by atoms with Gasteiger partial charge in [0.15, 0.2) is 0 Å². The van der Waals surface area contributed by atoms with E-state index in [4.69, 9.17) is 11.9 Å². The molecule has 0 amide bonds. The van der Waals surface area contributed by atoms with Crippen molar-refractivity contribution in [3.8, 4) is 5.88 Å². The molecule has 3 heteroatoms. The van der Waals surface area contributed by atoms with Crippen molar-refractivity contribution in [2.24, 2.45) is 0 Å². The maximum Gasteiger partial charge on any atom is 0.236 e. The van der Waals surface area contributed by atoms with Crippen molar-refractivity contribution in [1.29, 1.82) is 0 Å². The second-order valence-corrected chi connectivity index (χ2v) is 1.40. The molecule has 1 aromatic heterocycles. The van der Waals surface area contributed by atoms with Gasteiger partial charge in [-0.1, -0.05) is 19.9 Å². The van der Waals surface area contributed by atoms with E-state index in [0.29, 0.717) is 5.88 Å². The van der Waals surface area contributed by atoms with Crippen LogP contribution in [0.5, 0.6) is 5.88 Å². The van der Waals surface area contributed by atoms with Crippen molar-refractivity contribution >= 4 is 11.9 Å². The molecule has 0 radical (unpaired) electrons. The molecule has 1 rings (SSSR count). The fourth-order valence-electron chi connectivity index (χ4n) is 0.393. The van der Waals surface area contributed by atoms with Gasteiger partial charge >= 0.3 is 0 Å². The summed E-state index contributed by atoms with van der Waals surface area (Å²) in [5.41, 5.74) is 0. The molecule has 0 unspecified atom stereocenters. The van der Waals surface area contributed by atoms with E-state index in [9.17, 15) is 0 Å². The van der Waals surface area contributed by atoms with Gasteiger partial charge in [-0.3, -0.25) is 0 Å². The van der Waals surface area contributed by atoms with Crippen LogP contribution in [0.2, 0.25) is 0 Å². The van der Waals surface area contributed by atoms with E-state index in [1.54, 1.807) is 24.4 Å². The maximum atomic E-state index is 4.96. The molecule has 0 fully saturated rings. The van der Waals surface area contributed by atoms with Gasteiger partial charge in [-0.2, -0.15) is 0 Å². The van der Waals surface area contributed by atoms with Crippen LogP contribution in [0.15, 0.2) is 24.4 Å². The number of halogens is 1. The Balaban J connectivity index is 0.000000371. The minimum atomic E-state index is 0.425. The molecule has 0 spiro atoms. The average molecular weight is 160 g/mol. The Bertz CT molecular complexity index is 155. The predicted molar refractivity (Wildman–Crippen MR) is 42.1 cm³/mol. The smallest absolute Gasteiger partial charge is 0.236 e. The highest BCUT2D eigenvalue weighted by Crippen LogP contribution is 2.03. The van der Waals surface area contributed by atoms with Gasteiger partial charge in [0.05, 0.1) is 0 Å². The quantitative estimate of drug-likeness (QED) is 0.629. The molecule has 1 heterocycles. The van der Waals surface area contributed by atoms with E-state index < -0.39 is 0 Å². The standard InChI is InChI=1S/C5H4ClNO.C2H6/c6-8-5-3-1-2-4-7-5;1-2/h1-4H;1-2H3. The molecule has 0 aliphatic rings. The largest absolute Gasteiger partial charge is 0.365 e. The molecule has 0 bridgehead atoms. The Hall–Kier alpha value is -0.760. The second-order valence-electron chi connectivity index (χ2n) is 1.25. The van der Waals surface area contributed by atoms with Crippen LogP contribution in [-0.4, -0.2) is 4.98 Å². The van der Waals surface area contributed by atoms with Gasteiger partial charge in [-0.05, 0) is 6.07 Å². The Morgan fingerprint density at radius 1 is 1.40 bits per heavy atom. The third kappa shape index (κ3) is 3.30. The summed E-state index contributed by atoms with van der Waals surface area (Å²) in [5.74, 6) is 0.425. The molecular weight excluding hydrogens is 150 g/mol. The summed E-state index contributed by atoms with van der Waals surface area (Å²) in [6.45, 7) is 4.00. The topological polar surface area (TPSA) is 22.1 Å². The molecule has 0 saturated heterocycles. The number of aromatic nitrogens is 1. The molecule has 0 saturated carbocycles. The lowest BCUT2D eigenvalue weighted by Crippen LogP contribution is -1.76. The Kier molecular flexibility index (Phi) is 5.88. The molecule has 0 atom stereocenters. The van der Waals surface area contributed by atoms with Gasteiger partial charge in [-0.25, -0.2) is 4.98 Å². The van der Waals surface area contributed by atoms with Crippen molar-refractivity contribution in [3.63, 3.8) is 0 Å². The van der Waals surface area contributed by atoms with E-state index >= 15 is 0 Å². The molecule has 2 nitrogen and oxygen atoms in total. The highest BCUT2D eigenvalue weighted by Gasteiger charge is 1.84. The lowest BCUT2D eigenvalue weighted by molar-refractivity contribution is 0.591. The third-order valence-corrected chi connectivity index (χ3v) is 0.875. The number of pyridine rings is 1. The molecule has 0 N–H and O–H groups in total. The number of hydrogen-bond donors (Lipinski definition) is 0. The summed E-state index contributed by atoms with van der Waals surface area (Å²) in [6.07, 6.45) is 1.61. The third-order valence-electron chi connectivity index (χ3n) is 0.717. The first kappa shape index (κ1) is 9.24. The summed E-state index contributed by atoms with van der Waals surface area (Å²) in [4.78, 5) is 3.74. The first-order valence-electron chi connectivity index (χ1n) is 3.13. The van der Waals surface area contributed by atoms with Gasteiger partial charge in [0.25, 0.3) is 0 Å². The number of nitrogens with zero attached hydrogens (tertiary/aromatic N) is 1. The van der Waals surface area contributed by atoms with Crippen LogP contribution in [0.1, 0.15) is 13.8 Å². The van der Waals surface area contributed by atoms with Crippen LogP contribution >= 0.6 is 11.9 Å². The van der Waals surface area contributed by atoms with Crippen molar-refractivity contribution in [2.45, 2.75) is 13.8 Å². The summed E-state index contributed by atoms with van der Waals surface area (Å²) in [5, 5.41) is 0. The summed E-state index contributed by atoms with van der Waals surface area (Å²) < 4.78 is 4.28. The Labute approximate surface area is 66.0 Å². The number of rotatable bonds is 1. The SMILES string of the molecule is CC.ClOc1ccccn1. The van der Waals surface area contributed by atoms with Gasteiger partial charge in [0.1, 0.15) is 11.9 Å². The highest BCUT2D eigenvalue weighted by atomic mass is 35.5. The van der Waals surface area contributed by atoms with Crippen LogP contribution in [0.25, 0.3) is 0 Å². The van der Waals surface area contributed by atoms with Crippen LogP contribution in [0.3, 0.4) is 0 Å². The van der Waals surface area contributed by atoms with Gasteiger partial charge < -0.3 is 4.29 Å². The summed E-state index contributed by atoms with van der Waals surface area (Å²) in [7, 11) is 0. The molecule has 56 valence electrons. The van der Waals surface area contributed by atoms with Crippen LogP contribution in [-0.2, 0) is 0 Å². The first-order valence-corrected chi connectivity index (χ1v) is 3.44. The maximum absolute atomic E-state index is 4.96. The molecule has 10 heavy (non-hydrogen) atoms. The van der Waals surface area contributed by atoms with Crippen LogP contribution in [0, 0.1) is 0 Å². The Morgan fingerprint density at radius 2 is 2.10 bits per heavy atom. The predicted octanol–water partition coefficient (Wildman–Crippen LogP) is 2.64. The van der Waals surface area contributed by atoms with Crippen molar-refractivity contribution in [2.75, 3.05) is 0 Å². The average Bonchev–Trinajstić information content (AvgIpc) is 2.10. The molecular formula is C7H10ClNO. The zero-order valence-electron chi connectivity index (χ0n) is 6.04. The zero-order valence-corrected chi connectivity index (χ0v) is 6.80. The molecule has 0 aliphatic carbocycles. The Morgan fingerprint density at radius 3 is 2.40 bits per heavy atom. The zero-order chi connectivity index (χ0) is 7.82. The van der Waals surface area contributed by atoms with Crippen LogP contribution in [0.4, 0.5) is 0 Å². The fraction of sp³-hybridized carbons (Fsp3) is 0.286. The van der Waals surface area contributed by atoms with Gasteiger partial charge in [0.2, 0.25) is 5.88 Å². The van der Waals surface area contributed by atoms with E-state index in [1.807, 2.05) is 13.8 Å². The van der Waals surface area contributed by atoms with E-state index in [-0.39, 0.29) is 0 Å². The van der Waals surface area contributed by atoms with Crippen LogP contribution < -0.4 is 4.29 Å². The normalized spacial score (nSPS) is 7.50. The minimum absolute atomic E-state index is 0.425. The van der Waals surface area contributed by atoms with Gasteiger partial charge in [0, 0.05) is 12.3 Å². The first-order chi connectivity index (χ1) is 4.93. The lowest BCUT2D eigenvalue weighted by atomic mass is 10.5. The fourth-order valence-corrected chi connectivity index (χ4v) is 0.484. The van der Waals surface area contributed by atoms with Gasteiger partial charge in [-0.15, -0.1) is 0 Å². The lowest BCUT2D eigenvalue weighted by Gasteiger charge is -1.88. The molecule has 0 aliphatic heterocycles. The summed E-state index contributed by atoms with van der Waals surface area (Å²) in [6, 6.07) is 5.26. The minimum Gasteiger partial charge on any atom is -0.365 e. The highest BCUT2D eigenvalue weighted by molar-refractivity contribution is 6.08. The summed E-state index contributed by atoms with van der Waals surface area (Å²) >= 11 is 4.96. The van der Waals surface area contributed by atoms with Crippen molar-refractivity contribution in [1.82, 2.24) is 4.98 Å². The number of hydrogen-bond acceptors (Lipinski definition) is 2. The van der Waals surface area contributed by atoms with E-state index in [1.165, 1.54) is 0 Å². The van der Waals surface area contributed by atoms with Crippen molar-refractivity contribution in [3.05, 3.63) is 24.4 Å². The van der Waals surface area contributed by atoms with E-state index in [2.05, 4.69) is 9.27 Å². The molecule has 1 aromatic rings. The van der Waals surface area contributed by atoms with Crippen molar-refractivity contribution < 1.29 is 4.29 Å². The van der Waals surface area contributed by atoms with E-state index in [0.717, 1.165) is 0 Å². The monoisotopic (exact) mass is 159 g/mol. The molecule has 0 aromatic carbocycles. The second kappa shape index (κ2) is 6.36.